The molecule has 0 saturated carbocycles. The van der Waals surface area contributed by atoms with E-state index < -0.39 is 0 Å². The maximum atomic E-state index is 6.23. The van der Waals surface area contributed by atoms with Crippen LogP contribution in [-0.4, -0.2) is 24.1 Å². The minimum Gasteiger partial charge on any atom is -0.497 e. The van der Waals surface area contributed by atoms with Gasteiger partial charge in [-0.05, 0) is 30.3 Å². The van der Waals surface area contributed by atoms with Gasteiger partial charge in [-0.2, -0.15) is 5.10 Å². The van der Waals surface area contributed by atoms with Gasteiger partial charge in [-0.15, -0.1) is 0 Å². The lowest BCUT2D eigenvalue weighted by molar-refractivity contribution is -0.0461. The van der Waals surface area contributed by atoms with Crippen molar-refractivity contribution in [3.05, 3.63) is 58.6 Å². The zero-order valence-corrected chi connectivity index (χ0v) is 15.3. The van der Waals surface area contributed by atoms with Gasteiger partial charge in [0, 0.05) is 28.5 Å². The van der Waals surface area contributed by atoms with Crippen LogP contribution in [0, 0.1) is 5.92 Å². The summed E-state index contributed by atoms with van der Waals surface area (Å²) in [6.07, 6.45) is 0.745. The molecule has 0 aromatic heterocycles. The number of benzene rings is 2. The van der Waals surface area contributed by atoms with E-state index in [0.717, 1.165) is 39.8 Å². The molecule has 4 rings (SSSR count). The van der Waals surface area contributed by atoms with Crippen molar-refractivity contribution in [2.24, 2.45) is 11.0 Å². The van der Waals surface area contributed by atoms with Crippen LogP contribution < -0.4 is 9.47 Å². The number of hydrazone groups is 1. The summed E-state index contributed by atoms with van der Waals surface area (Å²) in [6.45, 7) is 4.31. The van der Waals surface area contributed by atoms with E-state index in [9.17, 15) is 0 Å². The van der Waals surface area contributed by atoms with Gasteiger partial charge < -0.3 is 9.47 Å². The molecule has 2 heterocycles. The molecule has 0 amide bonds. The Hall–Kier alpha value is -2.20. The van der Waals surface area contributed by atoms with Crippen molar-refractivity contribution < 1.29 is 9.47 Å². The fourth-order valence-corrected chi connectivity index (χ4v) is 3.68. The second-order valence-corrected chi connectivity index (χ2v) is 7.25. The van der Waals surface area contributed by atoms with Crippen molar-refractivity contribution in [2.75, 3.05) is 7.11 Å². The smallest absolute Gasteiger partial charge is 0.190 e. The van der Waals surface area contributed by atoms with Crippen molar-refractivity contribution in [1.29, 1.82) is 0 Å². The molecular formula is C20H21ClN2O2. The number of hydrogen-bond donors (Lipinski definition) is 0. The first-order valence-electron chi connectivity index (χ1n) is 8.53. The lowest BCUT2D eigenvalue weighted by Crippen LogP contribution is -2.43. The largest absolute Gasteiger partial charge is 0.497 e. The van der Waals surface area contributed by atoms with Gasteiger partial charge in [-0.25, -0.2) is 5.01 Å². The Morgan fingerprint density at radius 2 is 2.08 bits per heavy atom. The van der Waals surface area contributed by atoms with Crippen LogP contribution in [-0.2, 0) is 0 Å². The first-order chi connectivity index (χ1) is 12.1. The van der Waals surface area contributed by atoms with Crippen LogP contribution in [0.2, 0.25) is 5.02 Å². The van der Waals surface area contributed by atoms with Gasteiger partial charge in [-0.1, -0.05) is 37.6 Å². The Labute approximate surface area is 153 Å². The normalized spacial score (nSPS) is 21.5. The molecule has 2 aromatic carbocycles. The van der Waals surface area contributed by atoms with Crippen molar-refractivity contribution in [3.8, 4) is 11.5 Å². The third kappa shape index (κ3) is 2.85. The third-order valence-electron chi connectivity index (χ3n) is 4.75. The summed E-state index contributed by atoms with van der Waals surface area (Å²) in [6, 6.07) is 14.0. The Bertz CT molecular complexity index is 834. The van der Waals surface area contributed by atoms with E-state index in [1.807, 2.05) is 36.4 Å². The Morgan fingerprint density at radius 3 is 2.84 bits per heavy atom. The molecule has 25 heavy (non-hydrogen) atoms. The third-order valence-corrected chi connectivity index (χ3v) is 4.99. The molecule has 2 aliphatic rings. The Morgan fingerprint density at radius 1 is 1.24 bits per heavy atom. The van der Waals surface area contributed by atoms with Crippen LogP contribution in [0.5, 0.6) is 11.5 Å². The first kappa shape index (κ1) is 16.3. The van der Waals surface area contributed by atoms with Crippen molar-refractivity contribution >= 4 is 17.3 Å². The molecular weight excluding hydrogens is 336 g/mol. The lowest BCUT2D eigenvalue weighted by atomic mass is 9.95. The van der Waals surface area contributed by atoms with Gasteiger partial charge in [0.2, 0.25) is 0 Å². The maximum Gasteiger partial charge on any atom is 0.190 e. The second kappa shape index (κ2) is 6.26. The molecule has 2 atom stereocenters. The highest BCUT2D eigenvalue weighted by Gasteiger charge is 2.41. The number of methoxy groups -OCH3 is 1. The number of ether oxygens (including phenoxy) is 2. The molecule has 2 aromatic rings. The Kier molecular flexibility index (Phi) is 4.08. The average Bonchev–Trinajstić information content (AvgIpc) is 3.06. The van der Waals surface area contributed by atoms with Crippen LogP contribution >= 0.6 is 11.6 Å². The summed E-state index contributed by atoms with van der Waals surface area (Å²) in [7, 11) is 1.68. The summed E-state index contributed by atoms with van der Waals surface area (Å²) >= 11 is 6.23. The van der Waals surface area contributed by atoms with Crippen LogP contribution in [0.4, 0.5) is 0 Å². The molecule has 0 saturated heterocycles. The molecule has 4 nitrogen and oxygen atoms in total. The molecule has 0 bridgehead atoms. The van der Waals surface area contributed by atoms with Gasteiger partial charge in [-0.3, -0.25) is 0 Å². The van der Waals surface area contributed by atoms with E-state index in [2.05, 4.69) is 24.9 Å². The Balaban J connectivity index is 1.75. The van der Waals surface area contributed by atoms with Crippen LogP contribution in [0.25, 0.3) is 0 Å². The molecule has 5 heteroatoms. The fourth-order valence-electron chi connectivity index (χ4n) is 3.50. The second-order valence-electron chi connectivity index (χ2n) is 6.81. The molecule has 0 fully saturated rings. The standard InChI is InChI=1S/C20H21ClN2O2/c1-12(2)20-23-18(16-10-14(21)7-8-19(16)25-20)11-17(22-23)13-5-4-6-15(9-13)24-3/h4-10,12,18,20H,11H2,1-3H3. The summed E-state index contributed by atoms with van der Waals surface area (Å²) in [4.78, 5) is 0. The first-order valence-corrected chi connectivity index (χ1v) is 8.91. The van der Waals surface area contributed by atoms with Crippen LogP contribution in [0.3, 0.4) is 0 Å². The molecule has 0 radical (unpaired) electrons. The van der Waals surface area contributed by atoms with Crippen molar-refractivity contribution in [2.45, 2.75) is 32.5 Å². The van der Waals surface area contributed by atoms with E-state index in [1.165, 1.54) is 0 Å². The van der Waals surface area contributed by atoms with Crippen LogP contribution in [0.1, 0.15) is 37.4 Å². The van der Waals surface area contributed by atoms with E-state index in [4.69, 9.17) is 26.2 Å². The van der Waals surface area contributed by atoms with Crippen molar-refractivity contribution in [1.82, 2.24) is 5.01 Å². The minimum atomic E-state index is -0.0817. The number of nitrogens with zero attached hydrogens (tertiary/aromatic N) is 2. The van der Waals surface area contributed by atoms with Gasteiger partial charge in [0.1, 0.15) is 11.5 Å². The highest BCUT2D eigenvalue weighted by Crippen LogP contribution is 2.45. The summed E-state index contributed by atoms with van der Waals surface area (Å²) in [5.74, 6) is 2.07. The topological polar surface area (TPSA) is 34.1 Å². The lowest BCUT2D eigenvalue weighted by Gasteiger charge is -2.40. The highest BCUT2D eigenvalue weighted by molar-refractivity contribution is 6.30. The zero-order valence-electron chi connectivity index (χ0n) is 14.6. The fraction of sp³-hybridized carbons (Fsp3) is 0.350. The van der Waals surface area contributed by atoms with Crippen LogP contribution in [0.15, 0.2) is 47.6 Å². The van der Waals surface area contributed by atoms with Gasteiger partial charge >= 0.3 is 0 Å². The summed E-state index contributed by atoms with van der Waals surface area (Å²) in [5.41, 5.74) is 3.23. The predicted molar refractivity (Wildman–Crippen MR) is 99.4 cm³/mol. The quantitative estimate of drug-likeness (QED) is 0.786. The molecule has 2 aliphatic heterocycles. The number of halogens is 1. The van der Waals surface area contributed by atoms with Gasteiger partial charge in [0.15, 0.2) is 6.23 Å². The van der Waals surface area contributed by atoms with E-state index in [-0.39, 0.29) is 12.3 Å². The van der Waals surface area contributed by atoms with E-state index in [1.54, 1.807) is 7.11 Å². The molecule has 0 N–H and O–H groups in total. The van der Waals surface area contributed by atoms with Gasteiger partial charge in [0.25, 0.3) is 0 Å². The summed E-state index contributed by atoms with van der Waals surface area (Å²) in [5, 5.41) is 7.73. The SMILES string of the molecule is COc1cccc(C2=NN3C(C2)c2cc(Cl)ccc2OC3C(C)C)c1. The van der Waals surface area contributed by atoms with Crippen molar-refractivity contribution in [3.63, 3.8) is 0 Å². The number of hydrogen-bond acceptors (Lipinski definition) is 4. The zero-order chi connectivity index (χ0) is 17.6. The minimum absolute atomic E-state index is 0.0817. The van der Waals surface area contributed by atoms with E-state index in [0.29, 0.717) is 5.92 Å². The average molecular weight is 357 g/mol. The molecule has 130 valence electrons. The van der Waals surface area contributed by atoms with Gasteiger partial charge in [0.05, 0.1) is 18.9 Å². The number of fused-ring (bicyclic) bond motifs is 3. The number of rotatable bonds is 3. The van der Waals surface area contributed by atoms with E-state index >= 15 is 0 Å². The maximum absolute atomic E-state index is 6.23. The molecule has 0 aliphatic carbocycles. The molecule has 2 unspecified atom stereocenters. The highest BCUT2D eigenvalue weighted by atomic mass is 35.5. The monoisotopic (exact) mass is 356 g/mol. The molecule has 0 spiro atoms. The predicted octanol–water partition coefficient (Wildman–Crippen LogP) is 4.87. The summed E-state index contributed by atoms with van der Waals surface area (Å²) < 4.78 is 11.6.